The van der Waals surface area contributed by atoms with E-state index in [-0.39, 0.29) is 0 Å². The van der Waals surface area contributed by atoms with E-state index in [9.17, 15) is 4.79 Å². The number of carboxylic acid groups (broad SMARTS) is 1. The number of nitrogens with zero attached hydrogens (tertiary/aromatic N) is 2. The number of hydrogen-bond donors (Lipinski definition) is 1. The number of fused-ring (bicyclic) bond motifs is 1. The number of carboxylic acids is 1. The summed E-state index contributed by atoms with van der Waals surface area (Å²) in [5.41, 5.74) is 2.13. The molecule has 3 rings (SSSR count). The molecule has 2 atom stereocenters. The molecule has 0 amide bonds. The Balaban J connectivity index is 2.01. The Hall–Kier alpha value is -1.84. The fraction of sp³-hybridized carbons (Fsp3) is 0.500. The van der Waals surface area contributed by atoms with Crippen LogP contribution in [0.1, 0.15) is 55.4 Å². The molecular weight excluding hydrogens is 252 g/mol. The Kier molecular flexibility index (Phi) is 3.47. The highest BCUT2D eigenvalue weighted by atomic mass is 16.4. The van der Waals surface area contributed by atoms with Gasteiger partial charge in [0.15, 0.2) is 0 Å². The minimum Gasteiger partial charge on any atom is -0.478 e. The van der Waals surface area contributed by atoms with Gasteiger partial charge in [0, 0.05) is 6.04 Å². The Labute approximate surface area is 118 Å². The molecule has 2 aromatic rings. The van der Waals surface area contributed by atoms with Gasteiger partial charge in [-0.3, -0.25) is 0 Å². The lowest BCUT2D eigenvalue weighted by Gasteiger charge is -2.23. The van der Waals surface area contributed by atoms with Crippen LogP contribution < -0.4 is 0 Å². The third-order valence-corrected chi connectivity index (χ3v) is 4.50. The van der Waals surface area contributed by atoms with Crippen LogP contribution in [0.4, 0.5) is 0 Å². The van der Waals surface area contributed by atoms with Crippen molar-refractivity contribution < 1.29 is 9.90 Å². The molecule has 1 aliphatic rings. The van der Waals surface area contributed by atoms with Gasteiger partial charge >= 0.3 is 5.97 Å². The van der Waals surface area contributed by atoms with Gasteiger partial charge in [-0.15, -0.1) is 0 Å². The van der Waals surface area contributed by atoms with Gasteiger partial charge in [0.1, 0.15) is 0 Å². The van der Waals surface area contributed by atoms with Crippen molar-refractivity contribution in [2.24, 2.45) is 5.92 Å². The van der Waals surface area contributed by atoms with Crippen molar-refractivity contribution in [3.63, 3.8) is 0 Å². The van der Waals surface area contributed by atoms with Crippen molar-refractivity contribution in [2.75, 3.05) is 0 Å². The lowest BCUT2D eigenvalue weighted by molar-refractivity contribution is 0.0697. The molecule has 4 nitrogen and oxygen atoms in total. The van der Waals surface area contributed by atoms with E-state index in [1.165, 1.54) is 32.1 Å². The van der Waals surface area contributed by atoms with Crippen LogP contribution in [0.3, 0.4) is 0 Å². The molecule has 1 N–H and O–H groups in total. The molecule has 0 radical (unpaired) electrons. The van der Waals surface area contributed by atoms with Gasteiger partial charge in [0.2, 0.25) is 0 Å². The number of aromatic nitrogens is 2. The van der Waals surface area contributed by atoms with E-state index < -0.39 is 5.97 Å². The maximum absolute atomic E-state index is 11.0. The van der Waals surface area contributed by atoms with E-state index in [2.05, 4.69) is 16.5 Å². The van der Waals surface area contributed by atoms with Crippen molar-refractivity contribution in [3.8, 4) is 0 Å². The minimum atomic E-state index is -0.899. The van der Waals surface area contributed by atoms with Crippen LogP contribution in [-0.2, 0) is 0 Å². The molecule has 4 heteroatoms. The average Bonchev–Trinajstić information content (AvgIpc) is 2.73. The zero-order valence-electron chi connectivity index (χ0n) is 11.7. The maximum atomic E-state index is 11.0. The van der Waals surface area contributed by atoms with Crippen molar-refractivity contribution in [2.45, 2.75) is 45.1 Å². The van der Waals surface area contributed by atoms with Crippen molar-refractivity contribution >= 4 is 17.0 Å². The van der Waals surface area contributed by atoms with Crippen LogP contribution in [-0.4, -0.2) is 20.6 Å². The molecule has 1 aliphatic carbocycles. The van der Waals surface area contributed by atoms with Crippen molar-refractivity contribution in [1.29, 1.82) is 0 Å². The third kappa shape index (κ3) is 2.30. The fourth-order valence-corrected chi connectivity index (χ4v) is 3.32. The summed E-state index contributed by atoms with van der Waals surface area (Å²) in [6.45, 7) is 2.31. The Morgan fingerprint density at radius 1 is 1.30 bits per heavy atom. The molecule has 1 aromatic heterocycles. The largest absolute Gasteiger partial charge is 0.478 e. The summed E-state index contributed by atoms with van der Waals surface area (Å²) < 4.78 is 2.25. The second-order valence-corrected chi connectivity index (χ2v) is 5.84. The first-order valence-electron chi connectivity index (χ1n) is 7.36. The number of imidazole rings is 1. The number of hydrogen-bond acceptors (Lipinski definition) is 2. The monoisotopic (exact) mass is 272 g/mol. The molecule has 0 aliphatic heterocycles. The lowest BCUT2D eigenvalue weighted by atomic mass is 9.96. The minimum absolute atomic E-state index is 0.302. The quantitative estimate of drug-likeness (QED) is 0.844. The number of carbonyl (C=O) groups is 1. The summed E-state index contributed by atoms with van der Waals surface area (Å²) in [5, 5.41) is 9.04. The summed E-state index contributed by atoms with van der Waals surface area (Å²) in [4.78, 5) is 15.4. The number of rotatable bonds is 2. The summed E-state index contributed by atoms with van der Waals surface area (Å²) in [6.07, 6.45) is 8.22. The first-order valence-corrected chi connectivity index (χ1v) is 7.36. The lowest BCUT2D eigenvalue weighted by Crippen LogP contribution is -2.15. The predicted molar refractivity (Wildman–Crippen MR) is 78.0 cm³/mol. The zero-order chi connectivity index (χ0) is 14.1. The van der Waals surface area contributed by atoms with Gasteiger partial charge < -0.3 is 9.67 Å². The van der Waals surface area contributed by atoms with E-state index in [4.69, 9.17) is 5.11 Å². The standard InChI is InChI=1S/C16H20N2O2/c1-11-5-3-2-4-6-14(11)18-10-17-13-9-12(16(19)20)7-8-15(13)18/h7-11,14H,2-6H2,1H3,(H,19,20). The fourth-order valence-electron chi connectivity index (χ4n) is 3.32. The van der Waals surface area contributed by atoms with Gasteiger partial charge in [0.05, 0.1) is 22.9 Å². The summed E-state index contributed by atoms with van der Waals surface area (Å²) in [5.74, 6) is -0.252. The van der Waals surface area contributed by atoms with Gasteiger partial charge in [0.25, 0.3) is 0 Å². The van der Waals surface area contributed by atoms with E-state index in [0.717, 1.165) is 11.0 Å². The molecular formula is C16H20N2O2. The molecule has 0 spiro atoms. The third-order valence-electron chi connectivity index (χ3n) is 4.50. The maximum Gasteiger partial charge on any atom is 0.335 e. The molecule has 1 saturated carbocycles. The van der Waals surface area contributed by atoms with Gasteiger partial charge in [-0.05, 0) is 37.0 Å². The number of aromatic carboxylic acids is 1. The van der Waals surface area contributed by atoms with Crippen LogP contribution in [0, 0.1) is 5.92 Å². The Morgan fingerprint density at radius 2 is 2.10 bits per heavy atom. The molecule has 1 heterocycles. The van der Waals surface area contributed by atoms with Crippen molar-refractivity contribution in [1.82, 2.24) is 9.55 Å². The highest BCUT2D eigenvalue weighted by Crippen LogP contribution is 2.34. The zero-order valence-corrected chi connectivity index (χ0v) is 11.7. The predicted octanol–water partition coefficient (Wildman–Crippen LogP) is 3.88. The molecule has 106 valence electrons. The summed E-state index contributed by atoms with van der Waals surface area (Å²) >= 11 is 0. The SMILES string of the molecule is CC1CCCCCC1n1cnc2cc(C(=O)O)ccc21. The molecule has 0 saturated heterocycles. The van der Waals surface area contributed by atoms with Crippen LogP contribution in [0.2, 0.25) is 0 Å². The first kappa shape index (κ1) is 13.2. The van der Waals surface area contributed by atoms with E-state index in [0.29, 0.717) is 17.5 Å². The molecule has 20 heavy (non-hydrogen) atoms. The smallest absolute Gasteiger partial charge is 0.335 e. The Morgan fingerprint density at radius 3 is 2.90 bits per heavy atom. The number of benzene rings is 1. The normalized spacial score (nSPS) is 23.6. The summed E-state index contributed by atoms with van der Waals surface area (Å²) in [7, 11) is 0. The highest BCUT2D eigenvalue weighted by molar-refractivity contribution is 5.92. The topological polar surface area (TPSA) is 55.1 Å². The van der Waals surface area contributed by atoms with Crippen LogP contribution in [0.25, 0.3) is 11.0 Å². The first-order chi connectivity index (χ1) is 9.66. The molecule has 1 fully saturated rings. The van der Waals surface area contributed by atoms with Gasteiger partial charge in [-0.2, -0.15) is 0 Å². The summed E-state index contributed by atoms with van der Waals surface area (Å²) in [6, 6.07) is 5.71. The molecule has 1 aromatic carbocycles. The van der Waals surface area contributed by atoms with E-state index in [1.54, 1.807) is 12.1 Å². The van der Waals surface area contributed by atoms with Crippen LogP contribution in [0.5, 0.6) is 0 Å². The Bertz CT molecular complexity index is 632. The van der Waals surface area contributed by atoms with Crippen LogP contribution in [0.15, 0.2) is 24.5 Å². The van der Waals surface area contributed by atoms with Crippen molar-refractivity contribution in [3.05, 3.63) is 30.1 Å². The van der Waals surface area contributed by atoms with E-state index in [1.807, 2.05) is 12.4 Å². The average molecular weight is 272 g/mol. The van der Waals surface area contributed by atoms with Gasteiger partial charge in [-0.1, -0.05) is 26.2 Å². The highest BCUT2D eigenvalue weighted by Gasteiger charge is 2.23. The second kappa shape index (κ2) is 5.27. The molecule has 0 bridgehead atoms. The van der Waals surface area contributed by atoms with E-state index >= 15 is 0 Å². The second-order valence-electron chi connectivity index (χ2n) is 5.84. The molecule has 2 unspecified atom stereocenters. The van der Waals surface area contributed by atoms with Gasteiger partial charge in [-0.25, -0.2) is 9.78 Å². The van der Waals surface area contributed by atoms with Crippen LogP contribution >= 0.6 is 0 Å².